The molecule has 2 nitrogen and oxygen atoms in total. The number of unbranched alkanes of at least 4 members (excludes halogenated alkanes) is 3. The van der Waals surface area contributed by atoms with E-state index < -0.39 is 0 Å². The summed E-state index contributed by atoms with van der Waals surface area (Å²) in [6.45, 7) is 4.81. The summed E-state index contributed by atoms with van der Waals surface area (Å²) < 4.78 is 1.20. The minimum atomic E-state index is 0. The Labute approximate surface area is 117 Å². The van der Waals surface area contributed by atoms with Gasteiger partial charge in [-0.15, -0.1) is 0 Å². The van der Waals surface area contributed by atoms with E-state index in [1.807, 2.05) is 0 Å². The van der Waals surface area contributed by atoms with E-state index in [4.69, 9.17) is 5.73 Å². The standard InChI is InChI=1S/C12H26N2S.BrH/c13-12-14(9-5-3-6-10-14)8-4-1-2-7-11-15;/h1-13H2;1H. The van der Waals surface area contributed by atoms with E-state index in [1.54, 1.807) is 0 Å². The number of rotatable bonds is 7. The largest absolute Gasteiger partial charge is 1.00 e. The molecule has 1 aliphatic rings. The molecule has 0 aromatic heterocycles. The van der Waals surface area contributed by atoms with Gasteiger partial charge in [0.2, 0.25) is 0 Å². The molecule has 0 amide bonds. The number of likely N-dealkylation sites (tertiary alicyclic amines) is 1. The summed E-state index contributed by atoms with van der Waals surface area (Å²) >= 11 is 4.24. The van der Waals surface area contributed by atoms with Crippen molar-refractivity contribution < 1.29 is 21.5 Å². The maximum absolute atomic E-state index is 5.94. The summed E-state index contributed by atoms with van der Waals surface area (Å²) in [5, 5.41) is 0. The van der Waals surface area contributed by atoms with Gasteiger partial charge in [0.15, 0.2) is 0 Å². The highest BCUT2D eigenvalue weighted by atomic mass is 79.9. The molecule has 98 valence electrons. The van der Waals surface area contributed by atoms with E-state index in [9.17, 15) is 0 Å². The highest BCUT2D eigenvalue weighted by Crippen LogP contribution is 2.19. The minimum Gasteiger partial charge on any atom is -1.00 e. The van der Waals surface area contributed by atoms with Crippen LogP contribution in [0.2, 0.25) is 0 Å². The summed E-state index contributed by atoms with van der Waals surface area (Å²) in [5.41, 5.74) is 5.94. The second kappa shape index (κ2) is 9.75. The lowest BCUT2D eigenvalue weighted by Gasteiger charge is -2.40. The van der Waals surface area contributed by atoms with E-state index >= 15 is 0 Å². The quantitative estimate of drug-likeness (QED) is 0.366. The Bertz CT molecular complexity index is 161. The van der Waals surface area contributed by atoms with Gasteiger partial charge in [-0.3, -0.25) is 5.73 Å². The normalized spacial score (nSPS) is 19.1. The van der Waals surface area contributed by atoms with Gasteiger partial charge in [0, 0.05) is 0 Å². The van der Waals surface area contributed by atoms with E-state index in [-0.39, 0.29) is 17.0 Å². The smallest absolute Gasteiger partial charge is 0.130 e. The predicted molar refractivity (Wildman–Crippen MR) is 70.1 cm³/mol. The summed E-state index contributed by atoms with van der Waals surface area (Å²) in [6.07, 6.45) is 9.51. The number of hydrogen-bond acceptors (Lipinski definition) is 2. The van der Waals surface area contributed by atoms with Crippen molar-refractivity contribution in [3.63, 3.8) is 0 Å². The maximum Gasteiger partial charge on any atom is 0.130 e. The topological polar surface area (TPSA) is 26.0 Å². The fourth-order valence-corrected chi connectivity index (χ4v) is 2.82. The number of halogens is 1. The number of nitrogens with two attached hydrogens (primary N) is 1. The molecule has 0 atom stereocenters. The fraction of sp³-hybridized carbons (Fsp3) is 1.00. The van der Waals surface area contributed by atoms with Crippen LogP contribution in [-0.4, -0.2) is 36.5 Å². The van der Waals surface area contributed by atoms with E-state index in [1.165, 1.54) is 69.1 Å². The molecule has 1 aliphatic heterocycles. The van der Waals surface area contributed by atoms with E-state index in [0.29, 0.717) is 0 Å². The molecule has 0 aromatic rings. The highest BCUT2D eigenvalue weighted by Gasteiger charge is 2.27. The predicted octanol–water partition coefficient (Wildman–Crippen LogP) is -0.602. The number of piperidine rings is 1. The summed E-state index contributed by atoms with van der Waals surface area (Å²) in [6, 6.07) is 0. The van der Waals surface area contributed by atoms with E-state index in [2.05, 4.69) is 12.6 Å². The van der Waals surface area contributed by atoms with Crippen molar-refractivity contribution in [2.45, 2.75) is 44.9 Å². The number of thiol groups is 1. The zero-order valence-corrected chi connectivity index (χ0v) is 12.8. The zero-order chi connectivity index (χ0) is 11.0. The molecule has 4 heteroatoms. The molecule has 0 spiro atoms. The van der Waals surface area contributed by atoms with Crippen LogP contribution in [-0.2, 0) is 0 Å². The van der Waals surface area contributed by atoms with Gasteiger partial charge in [-0.2, -0.15) is 12.6 Å². The number of hydrogen-bond donors (Lipinski definition) is 2. The number of nitrogens with zero attached hydrogens (tertiary/aromatic N) is 1. The van der Waals surface area contributed by atoms with Crippen molar-refractivity contribution in [1.82, 2.24) is 0 Å². The Kier molecular flexibility index (Phi) is 10.2. The van der Waals surface area contributed by atoms with Crippen molar-refractivity contribution in [3.8, 4) is 0 Å². The van der Waals surface area contributed by atoms with Crippen LogP contribution in [0.5, 0.6) is 0 Å². The van der Waals surface area contributed by atoms with Crippen LogP contribution in [0.4, 0.5) is 0 Å². The molecule has 1 rings (SSSR count). The first kappa shape index (κ1) is 16.8. The van der Waals surface area contributed by atoms with Gasteiger partial charge in [0.25, 0.3) is 0 Å². The monoisotopic (exact) mass is 310 g/mol. The van der Waals surface area contributed by atoms with Crippen LogP contribution >= 0.6 is 12.6 Å². The highest BCUT2D eigenvalue weighted by molar-refractivity contribution is 7.80. The Balaban J connectivity index is 0.00000225. The Hall–Kier alpha value is 0.750. The first-order valence-electron chi connectivity index (χ1n) is 6.49. The molecule has 0 saturated carbocycles. The lowest BCUT2D eigenvalue weighted by atomic mass is 10.1. The van der Waals surface area contributed by atoms with Crippen LogP contribution in [0.25, 0.3) is 0 Å². The van der Waals surface area contributed by atoms with Gasteiger partial charge in [-0.25, -0.2) is 0 Å². The molecule has 0 aromatic carbocycles. The average Bonchev–Trinajstić information content (AvgIpc) is 2.30. The van der Waals surface area contributed by atoms with Crippen molar-refractivity contribution in [2.24, 2.45) is 5.73 Å². The second-order valence-electron chi connectivity index (χ2n) is 4.89. The van der Waals surface area contributed by atoms with Gasteiger partial charge < -0.3 is 21.5 Å². The van der Waals surface area contributed by atoms with Crippen LogP contribution in [0, 0.1) is 0 Å². The third-order valence-corrected chi connectivity index (χ3v) is 4.01. The van der Waals surface area contributed by atoms with Gasteiger partial charge in [-0.1, -0.05) is 6.42 Å². The molecular formula is C12H27BrN2S. The Morgan fingerprint density at radius 1 is 0.938 bits per heavy atom. The SMILES string of the molecule is NC[N+]1(CCCCCCS)CCCCC1.[Br-]. The molecule has 0 aliphatic carbocycles. The molecule has 1 heterocycles. The van der Waals surface area contributed by atoms with Crippen LogP contribution in [0.3, 0.4) is 0 Å². The molecule has 0 bridgehead atoms. The first-order valence-corrected chi connectivity index (χ1v) is 7.12. The Morgan fingerprint density at radius 2 is 1.56 bits per heavy atom. The van der Waals surface area contributed by atoms with Crippen molar-refractivity contribution in [1.29, 1.82) is 0 Å². The molecule has 1 saturated heterocycles. The molecule has 1 fully saturated rings. The van der Waals surface area contributed by atoms with Gasteiger partial charge >= 0.3 is 0 Å². The summed E-state index contributed by atoms with van der Waals surface area (Å²) in [7, 11) is 0. The third-order valence-electron chi connectivity index (χ3n) is 3.69. The molecule has 0 unspecified atom stereocenters. The summed E-state index contributed by atoms with van der Waals surface area (Å²) in [5.74, 6) is 1.04. The van der Waals surface area contributed by atoms with Gasteiger partial charge in [-0.05, 0) is 44.3 Å². The van der Waals surface area contributed by atoms with Crippen LogP contribution < -0.4 is 22.7 Å². The van der Waals surface area contributed by atoms with Gasteiger partial charge in [0.05, 0.1) is 19.6 Å². The maximum atomic E-state index is 5.94. The first-order chi connectivity index (χ1) is 7.33. The lowest BCUT2D eigenvalue weighted by molar-refractivity contribution is -0.932. The Morgan fingerprint density at radius 3 is 2.12 bits per heavy atom. The van der Waals surface area contributed by atoms with Crippen LogP contribution in [0.1, 0.15) is 44.9 Å². The fourth-order valence-electron chi connectivity index (χ4n) is 2.59. The van der Waals surface area contributed by atoms with Crippen molar-refractivity contribution >= 4 is 12.6 Å². The summed E-state index contributed by atoms with van der Waals surface area (Å²) in [4.78, 5) is 0. The molecular weight excluding hydrogens is 284 g/mol. The van der Waals surface area contributed by atoms with Crippen molar-refractivity contribution in [2.75, 3.05) is 32.1 Å². The molecule has 16 heavy (non-hydrogen) atoms. The average molecular weight is 311 g/mol. The van der Waals surface area contributed by atoms with Crippen molar-refractivity contribution in [3.05, 3.63) is 0 Å². The van der Waals surface area contributed by atoms with E-state index in [0.717, 1.165) is 12.4 Å². The van der Waals surface area contributed by atoms with Crippen LogP contribution in [0.15, 0.2) is 0 Å². The zero-order valence-electron chi connectivity index (χ0n) is 10.3. The third kappa shape index (κ3) is 5.89. The lowest BCUT2D eigenvalue weighted by Crippen LogP contribution is -3.00. The van der Waals surface area contributed by atoms with Gasteiger partial charge in [0.1, 0.15) is 6.67 Å². The second-order valence-corrected chi connectivity index (χ2v) is 5.34. The molecule has 2 N–H and O–H groups in total. The molecule has 0 radical (unpaired) electrons. The minimum absolute atomic E-state index is 0. The number of quaternary nitrogens is 1.